The van der Waals surface area contributed by atoms with Crippen LogP contribution in [0.2, 0.25) is 5.02 Å². The van der Waals surface area contributed by atoms with Gasteiger partial charge in [0.2, 0.25) is 0 Å². The molecule has 0 atom stereocenters. The standard InChI is InChI=1S/C20H21ClFN3O2/c1-26-19-8-13-11-24-12-25(18-9-14(21)2-3-16(18)22)17(13)10-20(19)27-15-4-6-23-7-5-15/h2-3,8-11,15,23H,4-7,12H2,1H3. The number of nitrogens with zero attached hydrogens (tertiary/aromatic N) is 2. The summed E-state index contributed by atoms with van der Waals surface area (Å²) >= 11 is 6.09. The average molecular weight is 390 g/mol. The monoisotopic (exact) mass is 389 g/mol. The number of benzene rings is 2. The summed E-state index contributed by atoms with van der Waals surface area (Å²) in [5, 5.41) is 3.80. The van der Waals surface area contributed by atoms with Crippen molar-refractivity contribution in [2.24, 2.45) is 4.99 Å². The summed E-state index contributed by atoms with van der Waals surface area (Å²) in [6.07, 6.45) is 3.78. The topological polar surface area (TPSA) is 46.1 Å². The molecule has 1 saturated heterocycles. The van der Waals surface area contributed by atoms with E-state index in [1.165, 1.54) is 12.1 Å². The second-order valence-corrected chi connectivity index (χ2v) is 7.04. The van der Waals surface area contributed by atoms with Crippen LogP contribution in [0.1, 0.15) is 18.4 Å². The van der Waals surface area contributed by atoms with E-state index in [1.54, 1.807) is 24.3 Å². The first-order valence-electron chi connectivity index (χ1n) is 8.97. The predicted octanol–water partition coefficient (Wildman–Crippen LogP) is 4.15. The van der Waals surface area contributed by atoms with Crippen LogP contribution in [0.3, 0.4) is 0 Å². The van der Waals surface area contributed by atoms with Crippen molar-refractivity contribution >= 4 is 29.2 Å². The summed E-state index contributed by atoms with van der Waals surface area (Å²) in [6, 6.07) is 8.30. The van der Waals surface area contributed by atoms with E-state index < -0.39 is 0 Å². The largest absolute Gasteiger partial charge is 0.493 e. The third kappa shape index (κ3) is 3.73. The number of methoxy groups -OCH3 is 1. The van der Waals surface area contributed by atoms with E-state index in [0.29, 0.717) is 28.9 Å². The van der Waals surface area contributed by atoms with Gasteiger partial charge in [-0.25, -0.2) is 4.39 Å². The van der Waals surface area contributed by atoms with Crippen LogP contribution in [0, 0.1) is 5.82 Å². The summed E-state index contributed by atoms with van der Waals surface area (Å²) in [4.78, 5) is 6.15. The van der Waals surface area contributed by atoms with Crippen LogP contribution in [-0.2, 0) is 0 Å². The molecule has 7 heteroatoms. The van der Waals surface area contributed by atoms with Gasteiger partial charge in [0.25, 0.3) is 0 Å². The Bertz CT molecular complexity index is 869. The van der Waals surface area contributed by atoms with Gasteiger partial charge in [-0.05, 0) is 50.2 Å². The number of halogens is 2. The number of aliphatic imine (C=N–C) groups is 1. The van der Waals surface area contributed by atoms with Crippen molar-refractivity contribution in [3.8, 4) is 11.5 Å². The molecule has 0 spiro atoms. The lowest BCUT2D eigenvalue weighted by Crippen LogP contribution is -2.34. The quantitative estimate of drug-likeness (QED) is 0.853. The van der Waals surface area contributed by atoms with E-state index in [-0.39, 0.29) is 11.9 Å². The molecule has 0 radical (unpaired) electrons. The fourth-order valence-electron chi connectivity index (χ4n) is 3.44. The van der Waals surface area contributed by atoms with Gasteiger partial charge in [0, 0.05) is 22.9 Å². The zero-order chi connectivity index (χ0) is 18.8. The highest BCUT2D eigenvalue weighted by atomic mass is 35.5. The highest BCUT2D eigenvalue weighted by Gasteiger charge is 2.24. The highest BCUT2D eigenvalue weighted by molar-refractivity contribution is 6.30. The van der Waals surface area contributed by atoms with Gasteiger partial charge in [0.05, 0.1) is 18.5 Å². The van der Waals surface area contributed by atoms with Crippen molar-refractivity contribution < 1.29 is 13.9 Å². The van der Waals surface area contributed by atoms with Crippen LogP contribution in [0.5, 0.6) is 11.5 Å². The minimum Gasteiger partial charge on any atom is -0.493 e. The molecule has 0 bridgehead atoms. The van der Waals surface area contributed by atoms with Crippen LogP contribution in [0.15, 0.2) is 35.3 Å². The van der Waals surface area contributed by atoms with Crippen LogP contribution in [-0.4, -0.2) is 39.2 Å². The fourth-order valence-corrected chi connectivity index (χ4v) is 3.61. The van der Waals surface area contributed by atoms with E-state index in [0.717, 1.165) is 37.2 Å². The fraction of sp³-hybridized carbons (Fsp3) is 0.350. The van der Waals surface area contributed by atoms with Crippen molar-refractivity contribution in [2.45, 2.75) is 18.9 Å². The predicted molar refractivity (Wildman–Crippen MR) is 106 cm³/mol. The molecule has 142 valence electrons. The summed E-state index contributed by atoms with van der Waals surface area (Å²) in [6.45, 7) is 2.18. The van der Waals surface area contributed by atoms with E-state index in [1.807, 2.05) is 12.1 Å². The first-order valence-corrected chi connectivity index (χ1v) is 9.35. The van der Waals surface area contributed by atoms with Gasteiger partial charge in [0.1, 0.15) is 18.6 Å². The lowest BCUT2D eigenvalue weighted by atomic mass is 10.1. The number of anilines is 2. The van der Waals surface area contributed by atoms with Gasteiger partial charge in [0.15, 0.2) is 11.5 Å². The summed E-state index contributed by atoms with van der Waals surface area (Å²) in [5.74, 6) is 0.956. The highest BCUT2D eigenvalue weighted by Crippen LogP contribution is 2.40. The number of ether oxygens (including phenoxy) is 2. The first kappa shape index (κ1) is 18.1. The molecule has 2 aromatic rings. The smallest absolute Gasteiger partial charge is 0.163 e. The molecule has 4 rings (SSSR count). The maximum atomic E-state index is 14.5. The third-order valence-electron chi connectivity index (χ3n) is 4.84. The molecule has 1 N–H and O–H groups in total. The minimum absolute atomic E-state index is 0.131. The van der Waals surface area contributed by atoms with Gasteiger partial charge >= 0.3 is 0 Å². The Kier molecular flexibility index (Phi) is 5.18. The summed E-state index contributed by atoms with van der Waals surface area (Å²) in [7, 11) is 1.62. The first-order chi connectivity index (χ1) is 13.2. The second-order valence-electron chi connectivity index (χ2n) is 6.61. The Morgan fingerprint density at radius 3 is 2.74 bits per heavy atom. The van der Waals surface area contributed by atoms with Gasteiger partial charge in [-0.1, -0.05) is 11.6 Å². The van der Waals surface area contributed by atoms with Crippen LogP contribution >= 0.6 is 11.6 Å². The zero-order valence-corrected chi connectivity index (χ0v) is 15.8. The van der Waals surface area contributed by atoms with Gasteiger partial charge in [-0.15, -0.1) is 0 Å². The molecule has 2 heterocycles. The second kappa shape index (κ2) is 7.74. The Labute approximate surface area is 162 Å². The Morgan fingerprint density at radius 2 is 1.96 bits per heavy atom. The normalized spacial score (nSPS) is 16.9. The molecule has 2 aliphatic rings. The molecule has 0 saturated carbocycles. The molecular weight excluding hydrogens is 369 g/mol. The van der Waals surface area contributed by atoms with Crippen molar-refractivity contribution in [3.63, 3.8) is 0 Å². The third-order valence-corrected chi connectivity index (χ3v) is 5.07. The molecule has 5 nitrogen and oxygen atoms in total. The molecular formula is C20H21ClFN3O2. The van der Waals surface area contributed by atoms with Crippen LogP contribution in [0.25, 0.3) is 0 Å². The number of hydrogen-bond acceptors (Lipinski definition) is 5. The SMILES string of the molecule is COc1cc2c(cc1OC1CCNCC1)N(c1cc(Cl)ccc1F)CN=C2. The summed E-state index contributed by atoms with van der Waals surface area (Å²) < 4.78 is 26.2. The van der Waals surface area contributed by atoms with Gasteiger partial charge in [-0.3, -0.25) is 4.99 Å². The molecule has 0 amide bonds. The Morgan fingerprint density at radius 1 is 1.15 bits per heavy atom. The number of hydrogen-bond donors (Lipinski definition) is 1. The maximum Gasteiger partial charge on any atom is 0.163 e. The average Bonchev–Trinajstić information content (AvgIpc) is 2.70. The number of fused-ring (bicyclic) bond motifs is 1. The van der Waals surface area contributed by atoms with Crippen LogP contribution < -0.4 is 19.7 Å². The number of nitrogens with one attached hydrogen (secondary N) is 1. The van der Waals surface area contributed by atoms with Crippen molar-refractivity contribution in [3.05, 3.63) is 46.7 Å². The van der Waals surface area contributed by atoms with E-state index in [9.17, 15) is 4.39 Å². The molecule has 1 fully saturated rings. The zero-order valence-electron chi connectivity index (χ0n) is 15.0. The summed E-state index contributed by atoms with van der Waals surface area (Å²) in [5.41, 5.74) is 2.05. The molecule has 2 aliphatic heterocycles. The molecule has 0 unspecified atom stereocenters. The van der Waals surface area contributed by atoms with Crippen molar-refractivity contribution in [1.29, 1.82) is 0 Å². The van der Waals surface area contributed by atoms with E-state index >= 15 is 0 Å². The minimum atomic E-state index is -0.348. The maximum absolute atomic E-state index is 14.5. The lowest BCUT2D eigenvalue weighted by molar-refractivity contribution is 0.157. The van der Waals surface area contributed by atoms with Crippen molar-refractivity contribution in [1.82, 2.24) is 5.32 Å². The lowest BCUT2D eigenvalue weighted by Gasteiger charge is -2.30. The molecule has 27 heavy (non-hydrogen) atoms. The van der Waals surface area contributed by atoms with Crippen LogP contribution in [0.4, 0.5) is 15.8 Å². The number of rotatable bonds is 4. The Hall–Kier alpha value is -2.31. The van der Waals surface area contributed by atoms with Gasteiger partial charge < -0.3 is 19.7 Å². The molecule has 0 aliphatic carbocycles. The van der Waals surface area contributed by atoms with Crippen molar-refractivity contribution in [2.75, 3.05) is 31.8 Å². The Balaban J connectivity index is 1.73. The molecule has 2 aromatic carbocycles. The molecule has 0 aromatic heterocycles. The van der Waals surface area contributed by atoms with E-state index in [2.05, 4.69) is 10.3 Å². The number of piperidine rings is 1. The van der Waals surface area contributed by atoms with E-state index in [4.69, 9.17) is 21.1 Å². The van der Waals surface area contributed by atoms with Gasteiger partial charge in [-0.2, -0.15) is 0 Å².